The van der Waals surface area contributed by atoms with E-state index in [1.54, 1.807) is 48.8 Å². The molecule has 0 N–H and O–H groups in total. The number of piperazine rings is 1. The molecule has 1 aromatic heterocycles. The van der Waals surface area contributed by atoms with Crippen molar-refractivity contribution in [1.82, 2.24) is 9.88 Å². The van der Waals surface area contributed by atoms with Gasteiger partial charge in [-0.05, 0) is 71.8 Å². The maximum atomic E-state index is 13.2. The largest absolute Gasteiger partial charge is 0.368 e. The standard InChI is InChI=1S/C28H24BrN3O3S/c29-24-7-1-21(2-8-24)22-3-9-26(10-4-22)36(34,35)27-11-5-23(6-12-27)28(33)32-19-17-31(18-20-32)25-13-15-30-16-14-25/h1-16H,17-20H2. The van der Waals surface area contributed by atoms with Crippen LogP contribution in [0.1, 0.15) is 10.4 Å². The van der Waals surface area contributed by atoms with Crippen LogP contribution in [0.3, 0.4) is 0 Å². The van der Waals surface area contributed by atoms with Gasteiger partial charge in [0.15, 0.2) is 0 Å². The lowest BCUT2D eigenvalue weighted by Crippen LogP contribution is -2.48. The Labute approximate surface area is 219 Å². The van der Waals surface area contributed by atoms with Crippen LogP contribution >= 0.6 is 15.9 Å². The predicted molar refractivity (Wildman–Crippen MR) is 144 cm³/mol. The second kappa shape index (κ2) is 10.2. The summed E-state index contributed by atoms with van der Waals surface area (Å²) in [5, 5.41) is 0. The highest BCUT2D eigenvalue weighted by molar-refractivity contribution is 9.10. The molecule has 1 fully saturated rings. The van der Waals surface area contributed by atoms with Crippen LogP contribution in [0.5, 0.6) is 0 Å². The SMILES string of the molecule is O=C(c1ccc(S(=O)(=O)c2ccc(-c3ccc(Br)cc3)cc2)cc1)N1CCN(c2ccncc2)CC1. The average molecular weight is 562 g/mol. The van der Waals surface area contributed by atoms with E-state index in [9.17, 15) is 13.2 Å². The minimum atomic E-state index is -3.69. The number of rotatable bonds is 5. The number of aromatic nitrogens is 1. The van der Waals surface area contributed by atoms with Gasteiger partial charge < -0.3 is 9.80 Å². The van der Waals surface area contributed by atoms with Crippen LogP contribution in [-0.2, 0) is 9.84 Å². The summed E-state index contributed by atoms with van der Waals surface area (Å²) in [4.78, 5) is 21.5. The highest BCUT2D eigenvalue weighted by Gasteiger charge is 2.23. The van der Waals surface area contributed by atoms with E-state index < -0.39 is 9.84 Å². The van der Waals surface area contributed by atoms with Gasteiger partial charge in [-0.1, -0.05) is 40.2 Å². The fourth-order valence-corrected chi connectivity index (χ4v) is 5.81. The first-order valence-corrected chi connectivity index (χ1v) is 13.8. The van der Waals surface area contributed by atoms with Gasteiger partial charge in [0, 0.05) is 54.3 Å². The molecule has 0 radical (unpaired) electrons. The summed E-state index contributed by atoms with van der Waals surface area (Å²) in [6, 6.07) is 24.8. The van der Waals surface area contributed by atoms with E-state index in [-0.39, 0.29) is 15.7 Å². The summed E-state index contributed by atoms with van der Waals surface area (Å²) in [7, 11) is -3.69. The van der Waals surface area contributed by atoms with E-state index in [1.165, 1.54) is 12.1 Å². The van der Waals surface area contributed by atoms with E-state index in [4.69, 9.17) is 0 Å². The molecule has 5 rings (SSSR count). The van der Waals surface area contributed by atoms with Gasteiger partial charge in [-0.25, -0.2) is 8.42 Å². The Hall–Kier alpha value is -3.49. The zero-order valence-electron chi connectivity index (χ0n) is 19.4. The number of sulfone groups is 1. The molecular formula is C28H24BrN3O3S. The van der Waals surface area contributed by atoms with Gasteiger partial charge in [0.1, 0.15) is 0 Å². The summed E-state index contributed by atoms with van der Waals surface area (Å²) in [6.45, 7) is 2.68. The predicted octanol–water partition coefficient (Wildman–Crippen LogP) is 5.31. The minimum absolute atomic E-state index is 0.0906. The summed E-state index contributed by atoms with van der Waals surface area (Å²) >= 11 is 3.42. The van der Waals surface area contributed by atoms with Gasteiger partial charge in [-0.15, -0.1) is 0 Å². The molecule has 0 aliphatic carbocycles. The molecule has 1 aliphatic heterocycles. The second-order valence-corrected chi connectivity index (χ2v) is 11.4. The van der Waals surface area contributed by atoms with Crippen LogP contribution in [0.2, 0.25) is 0 Å². The van der Waals surface area contributed by atoms with Crippen molar-refractivity contribution in [2.75, 3.05) is 31.1 Å². The number of nitrogens with zero attached hydrogens (tertiary/aromatic N) is 3. The lowest BCUT2D eigenvalue weighted by molar-refractivity contribution is 0.0746. The number of carbonyl (C=O) groups is 1. The van der Waals surface area contributed by atoms with Crippen LogP contribution < -0.4 is 4.90 Å². The average Bonchev–Trinajstić information content (AvgIpc) is 2.94. The molecule has 0 saturated carbocycles. The molecule has 1 aliphatic rings. The Morgan fingerprint density at radius 2 is 1.19 bits per heavy atom. The number of pyridine rings is 1. The minimum Gasteiger partial charge on any atom is -0.368 e. The van der Waals surface area contributed by atoms with Crippen molar-refractivity contribution in [2.24, 2.45) is 0 Å². The van der Waals surface area contributed by atoms with E-state index in [2.05, 4.69) is 25.8 Å². The van der Waals surface area contributed by atoms with Crippen molar-refractivity contribution >= 4 is 37.4 Å². The van der Waals surface area contributed by atoms with Gasteiger partial charge in [0.2, 0.25) is 9.84 Å². The zero-order valence-corrected chi connectivity index (χ0v) is 21.8. The Morgan fingerprint density at radius 1 is 0.694 bits per heavy atom. The third-order valence-corrected chi connectivity index (χ3v) is 8.66. The smallest absolute Gasteiger partial charge is 0.253 e. The fraction of sp³-hybridized carbons (Fsp3) is 0.143. The maximum absolute atomic E-state index is 13.2. The van der Waals surface area contributed by atoms with Gasteiger partial charge in [0.25, 0.3) is 5.91 Å². The molecule has 4 aromatic rings. The van der Waals surface area contributed by atoms with E-state index >= 15 is 0 Å². The molecule has 182 valence electrons. The van der Waals surface area contributed by atoms with Crippen molar-refractivity contribution in [3.8, 4) is 11.1 Å². The van der Waals surface area contributed by atoms with E-state index in [1.807, 2.05) is 41.3 Å². The van der Waals surface area contributed by atoms with E-state index in [0.717, 1.165) is 34.4 Å². The van der Waals surface area contributed by atoms with Crippen LogP contribution in [0, 0.1) is 0 Å². The number of carbonyl (C=O) groups excluding carboxylic acids is 1. The number of benzene rings is 3. The molecule has 0 spiro atoms. The van der Waals surface area contributed by atoms with Gasteiger partial charge >= 0.3 is 0 Å². The van der Waals surface area contributed by atoms with E-state index in [0.29, 0.717) is 18.7 Å². The molecule has 0 unspecified atom stereocenters. The van der Waals surface area contributed by atoms with Gasteiger partial charge in [-0.2, -0.15) is 0 Å². The summed E-state index contributed by atoms with van der Waals surface area (Å²) in [5.74, 6) is -0.0906. The molecule has 36 heavy (non-hydrogen) atoms. The number of halogens is 1. The first-order chi connectivity index (χ1) is 17.4. The molecular weight excluding hydrogens is 538 g/mol. The molecule has 1 saturated heterocycles. The van der Waals surface area contributed by atoms with Gasteiger partial charge in [-0.3, -0.25) is 9.78 Å². The quantitative estimate of drug-likeness (QED) is 0.330. The lowest BCUT2D eigenvalue weighted by atomic mass is 10.1. The Balaban J connectivity index is 1.26. The molecule has 2 heterocycles. The summed E-state index contributed by atoms with van der Waals surface area (Å²) in [6.07, 6.45) is 3.53. The normalized spacial score (nSPS) is 14.0. The lowest BCUT2D eigenvalue weighted by Gasteiger charge is -2.36. The van der Waals surface area contributed by atoms with Crippen molar-refractivity contribution < 1.29 is 13.2 Å². The Bertz CT molecular complexity index is 1450. The van der Waals surface area contributed by atoms with Crippen molar-refractivity contribution in [3.63, 3.8) is 0 Å². The molecule has 8 heteroatoms. The van der Waals surface area contributed by atoms with Crippen molar-refractivity contribution in [2.45, 2.75) is 9.79 Å². The Morgan fingerprint density at radius 3 is 1.75 bits per heavy atom. The third kappa shape index (κ3) is 5.05. The second-order valence-electron chi connectivity index (χ2n) is 8.54. The van der Waals surface area contributed by atoms with Gasteiger partial charge in [0.05, 0.1) is 9.79 Å². The number of hydrogen-bond donors (Lipinski definition) is 0. The number of amides is 1. The molecule has 0 bridgehead atoms. The maximum Gasteiger partial charge on any atom is 0.253 e. The topological polar surface area (TPSA) is 70.6 Å². The first-order valence-electron chi connectivity index (χ1n) is 11.6. The summed E-state index contributed by atoms with van der Waals surface area (Å²) < 4.78 is 27.3. The molecule has 0 atom stereocenters. The van der Waals surface area contributed by atoms with Crippen LogP contribution in [0.15, 0.2) is 112 Å². The first kappa shape index (κ1) is 24.2. The highest BCUT2D eigenvalue weighted by atomic mass is 79.9. The summed E-state index contributed by atoms with van der Waals surface area (Å²) in [5.41, 5.74) is 3.52. The monoisotopic (exact) mass is 561 g/mol. The molecule has 6 nitrogen and oxygen atoms in total. The molecule has 3 aromatic carbocycles. The fourth-order valence-electron chi connectivity index (χ4n) is 4.29. The number of anilines is 1. The van der Waals surface area contributed by atoms with Crippen LogP contribution in [0.25, 0.3) is 11.1 Å². The molecule has 1 amide bonds. The highest BCUT2D eigenvalue weighted by Crippen LogP contribution is 2.26. The van der Waals surface area contributed by atoms with Crippen molar-refractivity contribution in [3.05, 3.63) is 107 Å². The van der Waals surface area contributed by atoms with Crippen LogP contribution in [-0.4, -0.2) is 50.4 Å². The van der Waals surface area contributed by atoms with Crippen molar-refractivity contribution in [1.29, 1.82) is 0 Å². The zero-order chi connectivity index (χ0) is 25.1. The number of hydrogen-bond acceptors (Lipinski definition) is 5. The third-order valence-electron chi connectivity index (χ3n) is 6.35. The van der Waals surface area contributed by atoms with Crippen LogP contribution in [0.4, 0.5) is 5.69 Å². The Kier molecular flexibility index (Phi) is 6.89.